The minimum Gasteiger partial charge on any atom is -0.369 e. The first-order valence-corrected chi connectivity index (χ1v) is 6.11. The fraction of sp³-hybridized carbons (Fsp3) is 0.100. The number of nitrogens with one attached hydrogen (secondary N) is 1. The number of thioether (sulfide) groups is 1. The highest BCUT2D eigenvalue weighted by Gasteiger charge is 2.07. The van der Waals surface area contributed by atoms with Crippen LogP contribution in [0.25, 0.3) is 11.4 Å². The zero-order valence-corrected chi connectivity index (χ0v) is 10.3. The van der Waals surface area contributed by atoms with Crippen LogP contribution in [0.3, 0.4) is 0 Å². The third-order valence-corrected chi connectivity index (χ3v) is 3.01. The second-order valence-electron chi connectivity index (χ2n) is 3.23. The van der Waals surface area contributed by atoms with E-state index in [0.717, 1.165) is 5.56 Å². The van der Waals surface area contributed by atoms with Gasteiger partial charge in [0.2, 0.25) is 11.1 Å². The molecule has 0 saturated heterocycles. The van der Waals surface area contributed by atoms with Crippen molar-refractivity contribution in [3.8, 4) is 11.4 Å². The SMILES string of the molecule is NC(=O)CSc1n[nH]c(-c2cccc(Cl)c2)n1. The molecule has 1 aromatic heterocycles. The van der Waals surface area contributed by atoms with Crippen LogP contribution in [-0.4, -0.2) is 26.8 Å². The molecule has 0 spiro atoms. The molecule has 0 radical (unpaired) electrons. The number of amides is 1. The summed E-state index contributed by atoms with van der Waals surface area (Å²) in [6.07, 6.45) is 0. The predicted molar refractivity (Wildman–Crippen MR) is 66.7 cm³/mol. The van der Waals surface area contributed by atoms with Crippen molar-refractivity contribution in [1.29, 1.82) is 0 Å². The van der Waals surface area contributed by atoms with Crippen molar-refractivity contribution in [3.05, 3.63) is 29.3 Å². The molecule has 0 aliphatic heterocycles. The Balaban J connectivity index is 2.15. The maximum atomic E-state index is 10.6. The van der Waals surface area contributed by atoms with E-state index in [2.05, 4.69) is 15.2 Å². The van der Waals surface area contributed by atoms with Gasteiger partial charge in [-0.2, -0.15) is 0 Å². The number of aromatic amines is 1. The molecular formula is C10H9ClN4OS. The number of nitrogens with zero attached hydrogens (tertiary/aromatic N) is 2. The first-order chi connectivity index (χ1) is 8.15. The van der Waals surface area contributed by atoms with Gasteiger partial charge < -0.3 is 5.73 Å². The first-order valence-electron chi connectivity index (χ1n) is 4.74. The van der Waals surface area contributed by atoms with Crippen molar-refractivity contribution in [3.63, 3.8) is 0 Å². The summed E-state index contributed by atoms with van der Waals surface area (Å²) in [5, 5.41) is 7.87. The average Bonchev–Trinajstić information content (AvgIpc) is 2.75. The molecule has 0 fully saturated rings. The molecular weight excluding hydrogens is 260 g/mol. The minimum atomic E-state index is -0.399. The molecule has 0 saturated carbocycles. The van der Waals surface area contributed by atoms with Gasteiger partial charge in [0.15, 0.2) is 5.82 Å². The minimum absolute atomic E-state index is 0.160. The highest BCUT2D eigenvalue weighted by atomic mass is 35.5. The Morgan fingerprint density at radius 3 is 3.06 bits per heavy atom. The Hall–Kier alpha value is -1.53. The van der Waals surface area contributed by atoms with E-state index in [4.69, 9.17) is 17.3 Å². The normalized spacial score (nSPS) is 10.4. The van der Waals surface area contributed by atoms with Gasteiger partial charge in [0.1, 0.15) is 0 Å². The molecule has 0 bridgehead atoms. The molecule has 2 rings (SSSR count). The number of aromatic nitrogens is 3. The van der Waals surface area contributed by atoms with Crippen molar-refractivity contribution in [1.82, 2.24) is 15.2 Å². The number of hydrogen-bond donors (Lipinski definition) is 2. The molecule has 0 aliphatic rings. The van der Waals surface area contributed by atoms with Gasteiger partial charge in [-0.1, -0.05) is 35.5 Å². The van der Waals surface area contributed by atoms with E-state index in [1.807, 2.05) is 12.1 Å². The maximum Gasteiger partial charge on any atom is 0.227 e. The van der Waals surface area contributed by atoms with E-state index in [1.165, 1.54) is 11.8 Å². The van der Waals surface area contributed by atoms with Crippen molar-refractivity contribution < 1.29 is 4.79 Å². The fourth-order valence-electron chi connectivity index (χ4n) is 1.21. The van der Waals surface area contributed by atoms with Crippen LogP contribution in [-0.2, 0) is 4.79 Å². The Morgan fingerprint density at radius 1 is 1.53 bits per heavy atom. The van der Waals surface area contributed by atoms with E-state index in [-0.39, 0.29) is 5.75 Å². The van der Waals surface area contributed by atoms with E-state index < -0.39 is 5.91 Å². The summed E-state index contributed by atoms with van der Waals surface area (Å²) in [7, 11) is 0. The number of hydrogen-bond acceptors (Lipinski definition) is 4. The lowest BCUT2D eigenvalue weighted by Gasteiger charge is -1.95. The topological polar surface area (TPSA) is 84.7 Å². The van der Waals surface area contributed by atoms with Crippen LogP contribution in [0.2, 0.25) is 5.02 Å². The molecule has 0 unspecified atom stereocenters. The standard InChI is InChI=1S/C10H9ClN4OS/c11-7-3-1-2-6(4-7)9-13-10(15-14-9)17-5-8(12)16/h1-4H,5H2,(H2,12,16)(H,13,14,15). The monoisotopic (exact) mass is 268 g/mol. The summed E-state index contributed by atoms with van der Waals surface area (Å²) >= 11 is 7.06. The molecule has 88 valence electrons. The lowest BCUT2D eigenvalue weighted by Crippen LogP contribution is -2.13. The van der Waals surface area contributed by atoms with E-state index in [1.54, 1.807) is 12.1 Å². The molecule has 1 amide bonds. The Kier molecular flexibility index (Phi) is 3.65. The Bertz CT molecular complexity index is 543. The first kappa shape index (κ1) is 11.9. The number of carbonyl (C=O) groups is 1. The molecule has 3 N–H and O–H groups in total. The number of nitrogens with two attached hydrogens (primary N) is 1. The number of primary amides is 1. The largest absolute Gasteiger partial charge is 0.369 e. The molecule has 7 heteroatoms. The van der Waals surface area contributed by atoms with Crippen LogP contribution in [0.4, 0.5) is 0 Å². The third kappa shape index (κ3) is 3.21. The maximum absolute atomic E-state index is 10.6. The second-order valence-corrected chi connectivity index (χ2v) is 4.61. The zero-order valence-electron chi connectivity index (χ0n) is 8.68. The summed E-state index contributed by atoms with van der Waals surface area (Å²) in [5.41, 5.74) is 5.88. The average molecular weight is 269 g/mol. The summed E-state index contributed by atoms with van der Waals surface area (Å²) in [6.45, 7) is 0. The highest BCUT2D eigenvalue weighted by molar-refractivity contribution is 7.99. The van der Waals surface area contributed by atoms with E-state index >= 15 is 0 Å². The predicted octanol–water partition coefficient (Wildman–Crippen LogP) is 1.70. The van der Waals surface area contributed by atoms with Gasteiger partial charge in [-0.05, 0) is 12.1 Å². The van der Waals surface area contributed by atoms with Crippen LogP contribution in [0.15, 0.2) is 29.4 Å². The summed E-state index contributed by atoms with van der Waals surface area (Å²) in [4.78, 5) is 14.8. The van der Waals surface area contributed by atoms with Gasteiger partial charge in [0, 0.05) is 10.6 Å². The highest BCUT2D eigenvalue weighted by Crippen LogP contribution is 2.21. The van der Waals surface area contributed by atoms with Gasteiger partial charge in [-0.15, -0.1) is 5.10 Å². The van der Waals surface area contributed by atoms with Crippen molar-refractivity contribution in [2.75, 3.05) is 5.75 Å². The van der Waals surface area contributed by atoms with Gasteiger partial charge in [-0.25, -0.2) is 4.98 Å². The number of halogens is 1. The quantitative estimate of drug-likeness (QED) is 0.827. The number of H-pyrrole nitrogens is 1. The Morgan fingerprint density at radius 2 is 2.35 bits per heavy atom. The summed E-state index contributed by atoms with van der Waals surface area (Å²) in [6, 6.07) is 7.26. The Labute approximate surface area is 107 Å². The van der Waals surface area contributed by atoms with Crippen LogP contribution in [0.1, 0.15) is 0 Å². The second kappa shape index (κ2) is 5.20. The number of benzene rings is 1. The summed E-state index contributed by atoms with van der Waals surface area (Å²) in [5.74, 6) is 0.371. The summed E-state index contributed by atoms with van der Waals surface area (Å²) < 4.78 is 0. The van der Waals surface area contributed by atoms with E-state index in [9.17, 15) is 4.79 Å². The van der Waals surface area contributed by atoms with Crippen LogP contribution in [0, 0.1) is 0 Å². The molecule has 1 heterocycles. The zero-order chi connectivity index (χ0) is 12.3. The third-order valence-electron chi connectivity index (χ3n) is 1.91. The molecule has 5 nitrogen and oxygen atoms in total. The van der Waals surface area contributed by atoms with Crippen molar-refractivity contribution >= 4 is 29.3 Å². The van der Waals surface area contributed by atoms with Gasteiger partial charge in [0.25, 0.3) is 0 Å². The number of carbonyl (C=O) groups excluding carboxylic acids is 1. The number of rotatable bonds is 4. The van der Waals surface area contributed by atoms with Crippen LogP contribution in [0.5, 0.6) is 0 Å². The van der Waals surface area contributed by atoms with Crippen molar-refractivity contribution in [2.45, 2.75) is 5.16 Å². The lowest BCUT2D eigenvalue weighted by molar-refractivity contribution is -0.115. The fourth-order valence-corrected chi connectivity index (χ4v) is 1.94. The molecule has 0 aliphatic carbocycles. The van der Waals surface area contributed by atoms with Gasteiger partial charge in [0.05, 0.1) is 5.75 Å². The van der Waals surface area contributed by atoms with Gasteiger partial charge in [-0.3, -0.25) is 9.89 Å². The molecule has 2 aromatic rings. The van der Waals surface area contributed by atoms with Crippen LogP contribution < -0.4 is 5.73 Å². The molecule has 0 atom stereocenters. The van der Waals surface area contributed by atoms with E-state index in [0.29, 0.717) is 16.0 Å². The van der Waals surface area contributed by atoms with Crippen LogP contribution >= 0.6 is 23.4 Å². The van der Waals surface area contributed by atoms with Gasteiger partial charge >= 0.3 is 0 Å². The molecule has 1 aromatic carbocycles. The smallest absolute Gasteiger partial charge is 0.227 e. The van der Waals surface area contributed by atoms with Crippen molar-refractivity contribution in [2.24, 2.45) is 5.73 Å². The lowest BCUT2D eigenvalue weighted by atomic mass is 10.2. The molecule has 17 heavy (non-hydrogen) atoms.